The third kappa shape index (κ3) is 6.10. The number of nitrogens with one attached hydrogen (secondary N) is 1. The number of pyridine rings is 1. The van der Waals surface area contributed by atoms with Crippen LogP contribution in [0.25, 0.3) is 11.1 Å². The largest absolute Gasteiger partial charge is 0.618 e. The number of carbonyl (C=O) groups is 2. The Balaban J connectivity index is 1.92. The van der Waals surface area contributed by atoms with Crippen LogP contribution in [0.15, 0.2) is 36.5 Å². The molecule has 7 nitrogen and oxygen atoms in total. The fraction of sp³-hybridized carbons (Fsp3) is 0.435. The number of anilines is 1. The van der Waals surface area contributed by atoms with Crippen molar-refractivity contribution in [1.29, 1.82) is 0 Å². The molecule has 1 fully saturated rings. The van der Waals surface area contributed by atoms with E-state index in [0.717, 1.165) is 12.8 Å². The molecule has 1 aliphatic rings. The van der Waals surface area contributed by atoms with Crippen LogP contribution < -0.4 is 10.0 Å². The van der Waals surface area contributed by atoms with Crippen LogP contribution in [0.4, 0.5) is 10.5 Å². The number of methoxy groups -OCH3 is 1. The lowest BCUT2D eigenvalue weighted by Crippen LogP contribution is -2.36. The van der Waals surface area contributed by atoms with Gasteiger partial charge in [-0.25, -0.2) is 4.79 Å². The predicted octanol–water partition coefficient (Wildman–Crippen LogP) is 5.04. The molecule has 1 aliphatic carbocycles. The van der Waals surface area contributed by atoms with Crippen molar-refractivity contribution >= 4 is 29.4 Å². The molecule has 0 bridgehead atoms. The summed E-state index contributed by atoms with van der Waals surface area (Å²) in [5, 5.41) is 16.0. The summed E-state index contributed by atoms with van der Waals surface area (Å²) in [6.45, 7) is 5.31. The Kier molecular flexibility index (Phi) is 6.74. The minimum absolute atomic E-state index is 0.339. The molecular weight excluding hydrogens is 420 g/mol. The molecule has 1 aromatic heterocycles. The molecule has 1 unspecified atom stereocenters. The quantitative estimate of drug-likeness (QED) is 0.381. The number of aromatic nitrogens is 1. The first-order chi connectivity index (χ1) is 14.6. The predicted molar refractivity (Wildman–Crippen MR) is 118 cm³/mol. The summed E-state index contributed by atoms with van der Waals surface area (Å²) < 4.78 is 10.9. The molecule has 1 amide bonds. The number of carbonyl (C=O) groups excluding carboxylic acids is 2. The Labute approximate surface area is 186 Å². The second-order valence-electron chi connectivity index (χ2n) is 8.74. The molecule has 31 heavy (non-hydrogen) atoms. The van der Waals surface area contributed by atoms with E-state index in [0.29, 0.717) is 44.6 Å². The smallest absolute Gasteiger partial charge is 0.412 e. The molecule has 1 atom stereocenters. The van der Waals surface area contributed by atoms with E-state index in [2.05, 4.69) is 5.32 Å². The fourth-order valence-electron chi connectivity index (χ4n) is 3.37. The first kappa shape index (κ1) is 22.9. The monoisotopic (exact) mass is 446 g/mol. The molecular formula is C23H27ClN2O5. The van der Waals surface area contributed by atoms with Crippen molar-refractivity contribution in [3.63, 3.8) is 0 Å². The molecule has 1 aromatic carbocycles. The van der Waals surface area contributed by atoms with Crippen LogP contribution in [-0.4, -0.2) is 24.8 Å². The zero-order chi connectivity index (χ0) is 22.8. The third-order valence-electron chi connectivity index (χ3n) is 4.98. The Morgan fingerprint density at radius 3 is 2.55 bits per heavy atom. The molecule has 166 valence electrons. The summed E-state index contributed by atoms with van der Waals surface area (Å²) >= 11 is 6.17. The zero-order valence-electron chi connectivity index (χ0n) is 18.1. The summed E-state index contributed by atoms with van der Waals surface area (Å²) in [4.78, 5) is 24.5. The minimum Gasteiger partial charge on any atom is -0.618 e. The van der Waals surface area contributed by atoms with Gasteiger partial charge in [0.2, 0.25) is 5.69 Å². The number of esters is 1. The van der Waals surface area contributed by atoms with Gasteiger partial charge in [0.25, 0.3) is 0 Å². The maximum atomic E-state index is 12.8. The number of hydrogen-bond acceptors (Lipinski definition) is 5. The summed E-state index contributed by atoms with van der Waals surface area (Å²) in [5.74, 6) is -0.580. The van der Waals surface area contributed by atoms with Gasteiger partial charge in [-0.05, 0) is 57.4 Å². The van der Waals surface area contributed by atoms with Gasteiger partial charge in [-0.2, -0.15) is 4.73 Å². The Bertz CT molecular complexity index is 982. The topological polar surface area (TPSA) is 91.6 Å². The first-order valence-corrected chi connectivity index (χ1v) is 10.6. The highest BCUT2D eigenvalue weighted by atomic mass is 35.5. The lowest BCUT2D eigenvalue weighted by Gasteiger charge is -2.20. The molecule has 1 N–H and O–H groups in total. The van der Waals surface area contributed by atoms with E-state index in [9.17, 15) is 14.8 Å². The van der Waals surface area contributed by atoms with E-state index in [1.165, 1.54) is 13.3 Å². The van der Waals surface area contributed by atoms with Gasteiger partial charge in [-0.1, -0.05) is 24.4 Å². The molecule has 2 aromatic rings. The molecule has 0 saturated heterocycles. The number of ether oxygens (including phenoxy) is 2. The van der Waals surface area contributed by atoms with E-state index < -0.39 is 23.6 Å². The maximum absolute atomic E-state index is 12.8. The molecule has 3 rings (SSSR count). The summed E-state index contributed by atoms with van der Waals surface area (Å²) in [7, 11) is 1.33. The van der Waals surface area contributed by atoms with Crippen molar-refractivity contribution in [2.24, 2.45) is 5.92 Å². The van der Waals surface area contributed by atoms with Gasteiger partial charge in [0, 0.05) is 22.2 Å². The highest BCUT2D eigenvalue weighted by molar-refractivity contribution is 6.31. The Hall–Kier alpha value is -2.80. The van der Waals surface area contributed by atoms with Crippen molar-refractivity contribution in [2.45, 2.75) is 51.6 Å². The minimum atomic E-state index is -0.652. The highest BCUT2D eigenvalue weighted by Crippen LogP contribution is 2.39. The molecule has 0 spiro atoms. The first-order valence-electron chi connectivity index (χ1n) is 10.2. The van der Waals surface area contributed by atoms with Crippen LogP contribution >= 0.6 is 11.6 Å². The van der Waals surface area contributed by atoms with E-state index >= 15 is 0 Å². The fourth-order valence-corrected chi connectivity index (χ4v) is 3.54. The van der Waals surface area contributed by atoms with Crippen LogP contribution in [0.1, 0.15) is 51.6 Å². The number of hydrogen-bond donors (Lipinski definition) is 1. The van der Waals surface area contributed by atoms with Gasteiger partial charge >= 0.3 is 12.1 Å². The normalized spacial score (nSPS) is 14.6. The van der Waals surface area contributed by atoms with E-state index in [1.807, 2.05) is 0 Å². The van der Waals surface area contributed by atoms with E-state index in [4.69, 9.17) is 21.1 Å². The van der Waals surface area contributed by atoms with E-state index in [-0.39, 0.29) is 0 Å². The maximum Gasteiger partial charge on any atom is 0.412 e. The van der Waals surface area contributed by atoms with Crippen LogP contribution in [0, 0.1) is 11.1 Å². The lowest BCUT2D eigenvalue weighted by molar-refractivity contribution is -0.614. The molecule has 0 aliphatic heterocycles. The van der Waals surface area contributed by atoms with Gasteiger partial charge in [-0.3, -0.25) is 10.1 Å². The van der Waals surface area contributed by atoms with Gasteiger partial charge in [-0.15, -0.1) is 0 Å². The Morgan fingerprint density at radius 1 is 1.26 bits per heavy atom. The summed E-state index contributed by atoms with van der Waals surface area (Å²) in [6.07, 6.45) is 3.48. The van der Waals surface area contributed by atoms with Crippen LogP contribution in [0.3, 0.4) is 0 Å². The average Bonchev–Trinajstić information content (AvgIpc) is 3.50. The van der Waals surface area contributed by atoms with Crippen LogP contribution in [-0.2, 0) is 14.3 Å². The third-order valence-corrected chi connectivity index (χ3v) is 5.22. The standard InChI is InChI=1S/C23H27ClN2O5/c1-23(2,3)31-22(28)25-19-9-8-16(24)12-17(19)15-7-10-20(26(29)13-15)18(21(27)30-4)11-14-5-6-14/h7-10,12-14,18H,5-6,11H2,1-4H3,(H,25,28). The van der Waals surface area contributed by atoms with Crippen LogP contribution in [0.5, 0.6) is 0 Å². The molecule has 0 radical (unpaired) electrons. The second-order valence-corrected chi connectivity index (χ2v) is 9.18. The number of rotatable bonds is 6. The molecule has 8 heteroatoms. The van der Waals surface area contributed by atoms with Crippen LogP contribution in [0.2, 0.25) is 5.02 Å². The number of halogens is 1. The second kappa shape index (κ2) is 9.14. The highest BCUT2D eigenvalue weighted by Gasteiger charge is 2.35. The number of benzene rings is 1. The van der Waals surface area contributed by atoms with Crippen molar-refractivity contribution in [1.82, 2.24) is 0 Å². The van der Waals surface area contributed by atoms with Crippen molar-refractivity contribution < 1.29 is 23.8 Å². The Morgan fingerprint density at radius 2 is 1.97 bits per heavy atom. The molecule has 1 heterocycles. The van der Waals surface area contributed by atoms with Crippen molar-refractivity contribution in [3.05, 3.63) is 52.5 Å². The van der Waals surface area contributed by atoms with Gasteiger partial charge in [0.15, 0.2) is 6.20 Å². The van der Waals surface area contributed by atoms with Gasteiger partial charge in [0.05, 0.1) is 12.8 Å². The summed E-state index contributed by atoms with van der Waals surface area (Å²) in [5.41, 5.74) is 1.25. The summed E-state index contributed by atoms with van der Waals surface area (Å²) in [6, 6.07) is 8.31. The number of amides is 1. The van der Waals surface area contributed by atoms with Gasteiger partial charge in [0.1, 0.15) is 11.5 Å². The zero-order valence-corrected chi connectivity index (χ0v) is 18.9. The SMILES string of the molecule is COC(=O)C(CC1CC1)c1ccc(-c2cc(Cl)ccc2NC(=O)OC(C)(C)C)c[n+]1[O-]. The van der Waals surface area contributed by atoms with Gasteiger partial charge < -0.3 is 14.7 Å². The average molecular weight is 447 g/mol. The van der Waals surface area contributed by atoms with Crippen molar-refractivity contribution in [2.75, 3.05) is 12.4 Å². The van der Waals surface area contributed by atoms with Crippen molar-refractivity contribution in [3.8, 4) is 11.1 Å². The number of nitrogens with zero attached hydrogens (tertiary/aromatic N) is 1. The molecule has 1 saturated carbocycles. The lowest BCUT2D eigenvalue weighted by atomic mass is 9.96. The van der Waals surface area contributed by atoms with E-state index in [1.54, 1.807) is 51.1 Å².